The van der Waals surface area contributed by atoms with Crippen molar-refractivity contribution in [2.75, 3.05) is 30.9 Å². The Labute approximate surface area is 196 Å². The van der Waals surface area contributed by atoms with Crippen molar-refractivity contribution in [2.45, 2.75) is 44.8 Å². The first-order valence-electron chi connectivity index (χ1n) is 11.8. The summed E-state index contributed by atoms with van der Waals surface area (Å²) in [5, 5.41) is 7.89. The van der Waals surface area contributed by atoms with E-state index in [1.807, 2.05) is 36.4 Å². The van der Waals surface area contributed by atoms with Crippen molar-refractivity contribution < 1.29 is 9.53 Å². The first kappa shape index (κ1) is 22.9. The van der Waals surface area contributed by atoms with Crippen LogP contribution in [0.1, 0.15) is 32.6 Å². The minimum absolute atomic E-state index is 0.0596. The largest absolute Gasteiger partial charge is 0.481 e. The number of nitrogens with one attached hydrogen (secondary N) is 2. The second-order valence-electron chi connectivity index (χ2n) is 9.12. The molecule has 2 aromatic carbocycles. The van der Waals surface area contributed by atoms with E-state index in [1.165, 1.54) is 5.69 Å². The van der Waals surface area contributed by atoms with Crippen LogP contribution in [-0.2, 0) is 4.79 Å². The van der Waals surface area contributed by atoms with Gasteiger partial charge in [-0.1, -0.05) is 36.4 Å². The second-order valence-corrected chi connectivity index (χ2v) is 9.12. The Hall–Kier alpha value is -3.28. The van der Waals surface area contributed by atoms with E-state index in [-0.39, 0.29) is 5.91 Å². The standard InChI is InChI=1S/C27H34N4O2/c1-19(33-22-9-5-4-6-10-22)27(32)28-18-20-13-15-21(16-14-20)29-26-17-25(31(2)3)23-11-7-8-12-24(23)30-26/h4-12,17,19-21H,13-16,18H2,1-3H3,(H,28,32)(H,29,30). The summed E-state index contributed by atoms with van der Waals surface area (Å²) in [7, 11) is 4.13. The number of amides is 1. The van der Waals surface area contributed by atoms with E-state index < -0.39 is 6.10 Å². The van der Waals surface area contributed by atoms with Gasteiger partial charge in [0.1, 0.15) is 11.6 Å². The lowest BCUT2D eigenvalue weighted by molar-refractivity contribution is -0.127. The van der Waals surface area contributed by atoms with Crippen molar-refractivity contribution in [3.05, 3.63) is 60.7 Å². The highest BCUT2D eigenvalue weighted by Crippen LogP contribution is 2.30. The molecular weight excluding hydrogens is 412 g/mol. The van der Waals surface area contributed by atoms with E-state index in [1.54, 1.807) is 6.92 Å². The smallest absolute Gasteiger partial charge is 0.260 e. The van der Waals surface area contributed by atoms with E-state index >= 15 is 0 Å². The molecule has 1 aliphatic carbocycles. The van der Waals surface area contributed by atoms with Crippen molar-refractivity contribution in [3.8, 4) is 5.75 Å². The first-order chi connectivity index (χ1) is 16.0. The summed E-state index contributed by atoms with van der Waals surface area (Å²) in [6.07, 6.45) is 3.81. The number of pyridine rings is 1. The van der Waals surface area contributed by atoms with Crippen LogP contribution < -0.4 is 20.3 Å². The average molecular weight is 447 g/mol. The predicted octanol–water partition coefficient (Wildman–Crippen LogP) is 4.86. The molecule has 6 heteroatoms. The average Bonchev–Trinajstić information content (AvgIpc) is 2.83. The van der Waals surface area contributed by atoms with Crippen molar-refractivity contribution in [3.63, 3.8) is 0 Å². The molecule has 1 unspecified atom stereocenters. The number of aromatic nitrogens is 1. The zero-order valence-electron chi connectivity index (χ0n) is 19.8. The fourth-order valence-electron chi connectivity index (χ4n) is 4.47. The maximum Gasteiger partial charge on any atom is 0.260 e. The number of nitrogens with zero attached hydrogens (tertiary/aromatic N) is 2. The molecule has 33 heavy (non-hydrogen) atoms. The fraction of sp³-hybridized carbons (Fsp3) is 0.407. The monoisotopic (exact) mass is 446 g/mol. The number of fused-ring (bicyclic) bond motifs is 1. The van der Waals surface area contributed by atoms with Gasteiger partial charge < -0.3 is 20.3 Å². The molecule has 1 aromatic heterocycles. The van der Waals surface area contributed by atoms with Gasteiger partial charge in [-0.15, -0.1) is 0 Å². The molecule has 0 saturated heterocycles. The lowest BCUT2D eigenvalue weighted by Gasteiger charge is -2.30. The van der Waals surface area contributed by atoms with Gasteiger partial charge in [-0.3, -0.25) is 4.79 Å². The zero-order valence-corrected chi connectivity index (χ0v) is 19.8. The molecule has 1 atom stereocenters. The van der Waals surface area contributed by atoms with Gasteiger partial charge in [-0.25, -0.2) is 4.98 Å². The number of carbonyl (C=O) groups excluding carboxylic acids is 1. The highest BCUT2D eigenvalue weighted by molar-refractivity contribution is 5.93. The fourth-order valence-corrected chi connectivity index (χ4v) is 4.47. The summed E-state index contributed by atoms with van der Waals surface area (Å²) in [5.41, 5.74) is 2.18. The van der Waals surface area contributed by atoms with Crippen LogP contribution in [0.15, 0.2) is 60.7 Å². The third kappa shape index (κ3) is 5.95. The summed E-state index contributed by atoms with van der Waals surface area (Å²) < 4.78 is 5.72. The molecule has 3 aromatic rings. The van der Waals surface area contributed by atoms with E-state index in [9.17, 15) is 4.79 Å². The number of benzene rings is 2. The number of carbonyl (C=O) groups is 1. The molecule has 0 bridgehead atoms. The molecule has 1 amide bonds. The first-order valence-corrected chi connectivity index (χ1v) is 11.8. The minimum atomic E-state index is -0.504. The molecule has 6 nitrogen and oxygen atoms in total. The molecule has 0 spiro atoms. The van der Waals surface area contributed by atoms with Gasteiger partial charge in [0.05, 0.1) is 5.52 Å². The van der Waals surface area contributed by atoms with Crippen LogP contribution in [-0.4, -0.2) is 43.7 Å². The van der Waals surface area contributed by atoms with Crippen LogP contribution in [0, 0.1) is 5.92 Å². The number of ether oxygens (including phenoxy) is 1. The second kappa shape index (κ2) is 10.6. The van der Waals surface area contributed by atoms with Crippen LogP contribution in [0.5, 0.6) is 5.75 Å². The van der Waals surface area contributed by atoms with Gasteiger partial charge >= 0.3 is 0 Å². The van der Waals surface area contributed by atoms with Gasteiger partial charge in [0, 0.05) is 43.8 Å². The zero-order chi connectivity index (χ0) is 23.2. The molecule has 174 valence electrons. The van der Waals surface area contributed by atoms with Crippen LogP contribution in [0.25, 0.3) is 10.9 Å². The molecule has 2 N–H and O–H groups in total. The quantitative estimate of drug-likeness (QED) is 0.518. The van der Waals surface area contributed by atoms with Gasteiger partial charge in [0.25, 0.3) is 5.91 Å². The Kier molecular flexibility index (Phi) is 7.33. The maximum absolute atomic E-state index is 12.4. The maximum atomic E-state index is 12.4. The van der Waals surface area contributed by atoms with Gasteiger partial charge in [-0.2, -0.15) is 0 Å². The van der Waals surface area contributed by atoms with E-state index in [4.69, 9.17) is 9.72 Å². The van der Waals surface area contributed by atoms with Crippen molar-refractivity contribution >= 4 is 28.3 Å². The predicted molar refractivity (Wildman–Crippen MR) is 135 cm³/mol. The highest BCUT2D eigenvalue weighted by Gasteiger charge is 2.23. The molecule has 4 rings (SSSR count). The number of hydrogen-bond donors (Lipinski definition) is 2. The molecular formula is C27H34N4O2. The minimum Gasteiger partial charge on any atom is -0.481 e. The Balaban J connectivity index is 1.26. The van der Waals surface area contributed by atoms with Crippen LogP contribution in [0.2, 0.25) is 0 Å². The van der Waals surface area contributed by atoms with Crippen LogP contribution in [0.3, 0.4) is 0 Å². The third-order valence-corrected chi connectivity index (χ3v) is 6.37. The third-order valence-electron chi connectivity index (χ3n) is 6.37. The van der Waals surface area contributed by atoms with Crippen molar-refractivity contribution in [2.24, 2.45) is 5.92 Å². The molecule has 1 heterocycles. The van der Waals surface area contributed by atoms with Crippen molar-refractivity contribution in [1.29, 1.82) is 0 Å². The topological polar surface area (TPSA) is 66.5 Å². The van der Waals surface area contributed by atoms with Gasteiger partial charge in [0.2, 0.25) is 0 Å². The van der Waals surface area contributed by atoms with Crippen molar-refractivity contribution in [1.82, 2.24) is 10.3 Å². The molecule has 1 saturated carbocycles. The Bertz CT molecular complexity index is 1060. The van der Waals surface area contributed by atoms with E-state index in [0.29, 0.717) is 24.3 Å². The summed E-state index contributed by atoms with van der Waals surface area (Å²) in [4.78, 5) is 19.4. The van der Waals surface area contributed by atoms with E-state index in [0.717, 1.165) is 42.4 Å². The van der Waals surface area contributed by atoms with Gasteiger partial charge in [0.15, 0.2) is 6.10 Å². The Morgan fingerprint density at radius 1 is 1.06 bits per heavy atom. The highest BCUT2D eigenvalue weighted by atomic mass is 16.5. The summed E-state index contributed by atoms with van der Waals surface area (Å²) in [5.74, 6) is 2.08. The number of rotatable bonds is 8. The summed E-state index contributed by atoms with van der Waals surface area (Å²) in [6, 6.07) is 20.3. The summed E-state index contributed by atoms with van der Waals surface area (Å²) in [6.45, 7) is 2.49. The Morgan fingerprint density at radius 2 is 1.76 bits per heavy atom. The SMILES string of the molecule is CC(Oc1ccccc1)C(=O)NCC1CCC(Nc2cc(N(C)C)c3ccccc3n2)CC1. The number of anilines is 2. The Morgan fingerprint density at radius 3 is 2.48 bits per heavy atom. The summed E-state index contributed by atoms with van der Waals surface area (Å²) >= 11 is 0. The lowest BCUT2D eigenvalue weighted by Crippen LogP contribution is -2.40. The normalized spacial score (nSPS) is 19.0. The van der Waals surface area contributed by atoms with Gasteiger partial charge in [-0.05, 0) is 56.7 Å². The number of para-hydroxylation sites is 2. The van der Waals surface area contributed by atoms with Crippen LogP contribution in [0.4, 0.5) is 11.5 Å². The molecule has 1 fully saturated rings. The molecule has 0 radical (unpaired) electrons. The molecule has 1 aliphatic rings. The van der Waals surface area contributed by atoms with Crippen LogP contribution >= 0.6 is 0 Å². The number of hydrogen-bond acceptors (Lipinski definition) is 5. The molecule has 0 aliphatic heterocycles. The lowest BCUT2D eigenvalue weighted by atomic mass is 9.86. The van der Waals surface area contributed by atoms with E-state index in [2.05, 4.69) is 53.9 Å².